The number of nitrogens with zero attached hydrogens (tertiary/aromatic N) is 18. The highest BCUT2D eigenvalue weighted by molar-refractivity contribution is 8.00. The number of carbonyl (C=O) groups is 1. The number of rotatable bonds is 29. The molecule has 2 amide bonds. The number of amides is 2. The number of hydrogen-bond acceptors (Lipinski definition) is 38. The summed E-state index contributed by atoms with van der Waals surface area (Å²) in [5, 5.41) is 57.8. The molecule has 51 nitrogen and oxygen atoms in total. The largest absolute Gasteiger partial charge is 0.392 e. The zero-order chi connectivity index (χ0) is 109. The van der Waals surface area contributed by atoms with E-state index in [-0.39, 0.29) is 150 Å². The number of thioether (sulfide) groups is 1. The Morgan fingerprint density at radius 2 is 1.07 bits per heavy atom. The molecule has 54 heteroatoms. The number of fused-ring (bicyclic) bond motifs is 3. The SMILES string of the molecule is C=C1C(n2cnc3c(=O)[nH]c(N)nc32)C[C@H](O)[C@H]1COC(C)C.C=C1C=CN([C@@H]2O[C@H](COC(C)C)[C@@H](O)[C@@]2(C)F)C(=O)N1.CC(C)OC[C@@H]1CCC(n2cnc3c(=O)[nH]cnc32)O1.CC(C)OC[C@@H]1OC(n2ccc(N)nc2=O)CS1.Cc1ccn([C@@H]2O[C@H](COC(C)C)[C@@H](O)[C@@]2(C)F)c(=O)n1.Cc1cn(C2C[C@H](N=[N+]=[N-])[C@@H](COC(C)C)O2)c(=O)[nH]c1=O.Cc1nc2c(ncn2[C@@H]2O[C@H](COC(C)C)[C@@H](O)[C@@]2(C)O)c(=O)[nH]1. The maximum Gasteiger partial charge on any atom is 0.351 e. The van der Waals surface area contributed by atoms with E-state index in [4.69, 9.17) is 78.6 Å². The van der Waals surface area contributed by atoms with Gasteiger partial charge in [0, 0.05) is 64.7 Å². The van der Waals surface area contributed by atoms with Gasteiger partial charge >= 0.3 is 23.1 Å². The fraction of sp³-hybridized carbons (Fsp3) is 0.642. The minimum atomic E-state index is -2.11. The van der Waals surface area contributed by atoms with Gasteiger partial charge in [0.25, 0.3) is 22.2 Å². The van der Waals surface area contributed by atoms with E-state index in [1.807, 2.05) is 101 Å². The Hall–Kier alpha value is -11.6. The second-order valence-corrected chi connectivity index (χ2v) is 40.4. The van der Waals surface area contributed by atoms with E-state index in [1.54, 1.807) is 68.1 Å². The number of carbonyl (C=O) groups excluding carboxylic acids is 1. The number of azide groups is 1. The van der Waals surface area contributed by atoms with Gasteiger partial charge in [0.2, 0.25) is 5.95 Å². The first-order valence-corrected chi connectivity index (χ1v) is 49.9. The Labute approximate surface area is 858 Å². The topological polar surface area (TPSA) is 670 Å². The van der Waals surface area contributed by atoms with Crippen molar-refractivity contribution in [3.8, 4) is 0 Å². The molecule has 7 aliphatic heterocycles. The number of alkyl halides is 2. The van der Waals surface area contributed by atoms with Gasteiger partial charge in [-0.15, -0.1) is 11.8 Å². The molecule has 9 aromatic heterocycles. The number of hydrogen-bond donors (Lipinski definition) is 12. The first-order chi connectivity index (χ1) is 70.2. The van der Waals surface area contributed by atoms with E-state index < -0.39 is 120 Å². The lowest BCUT2D eigenvalue weighted by Gasteiger charge is -2.33. The van der Waals surface area contributed by atoms with Crippen LogP contribution in [0.15, 0.2) is 131 Å². The summed E-state index contributed by atoms with van der Waals surface area (Å²) in [5.74, 6) is 1.23. The van der Waals surface area contributed by atoms with Crippen LogP contribution in [0.3, 0.4) is 0 Å². The second kappa shape index (κ2) is 51.5. The summed E-state index contributed by atoms with van der Waals surface area (Å²) in [6.45, 7) is 45.3. The summed E-state index contributed by atoms with van der Waals surface area (Å²) in [6.07, 6.45) is 4.70. The molecule has 17 rings (SSSR count). The van der Waals surface area contributed by atoms with E-state index in [9.17, 15) is 72.7 Å². The van der Waals surface area contributed by atoms with Crippen molar-refractivity contribution >= 4 is 63.1 Å². The van der Waals surface area contributed by atoms with Crippen LogP contribution in [0, 0.1) is 26.7 Å². The highest BCUT2D eigenvalue weighted by Crippen LogP contribution is 2.45. The normalized spacial score (nSPS) is 28.1. The van der Waals surface area contributed by atoms with Crippen molar-refractivity contribution < 1.29 is 101 Å². The number of allylic oxidation sites excluding steroid dienone is 1. The minimum absolute atomic E-state index is 0.0208. The molecule has 8 aliphatic rings. The molecule has 7 fully saturated rings. The molecule has 0 radical (unpaired) electrons. The number of nitrogens with one attached hydrogen (secondary N) is 5. The van der Waals surface area contributed by atoms with Gasteiger partial charge < -0.3 is 118 Å². The van der Waals surface area contributed by atoms with Gasteiger partial charge in [-0.2, -0.15) is 15.0 Å². The molecule has 6 saturated heterocycles. The predicted molar refractivity (Wildman–Crippen MR) is 539 cm³/mol. The number of imidazole rings is 3. The van der Waals surface area contributed by atoms with Gasteiger partial charge in [0.05, 0.1) is 145 Å². The predicted octanol–water partition coefficient (Wildman–Crippen LogP) is 6.01. The van der Waals surface area contributed by atoms with E-state index in [1.165, 1.54) is 71.8 Å². The zero-order valence-electron chi connectivity index (χ0n) is 86.9. The average molecular weight is 2120 g/mol. The Morgan fingerprint density at radius 1 is 0.544 bits per heavy atom. The van der Waals surface area contributed by atoms with Crippen molar-refractivity contribution in [3.05, 3.63) is 193 Å². The van der Waals surface area contributed by atoms with Gasteiger partial charge in [0.1, 0.15) is 78.0 Å². The molecule has 9 aromatic rings. The van der Waals surface area contributed by atoms with E-state index >= 15 is 0 Å². The van der Waals surface area contributed by atoms with Crippen molar-refractivity contribution in [1.29, 1.82) is 0 Å². The standard InChI is InChI=1S/C15H21N5O3.C15H22N4O5.2C14H21FN2O4.C13H19N5O4.C13H18N4O3.C11H17N3O3S/c1-7(2)23-5-9-8(3)10(4-11(9)21)20-6-17-12-13(20)18-15(16)19-14(12)22;1-7(2)23-5-9-11(20)15(4,22)14(24-9)19-6-16-10-12(19)17-8(3)18-13(10)21;2*1-8(2)20-7-10-11(18)14(4,15)12(21-10)17-6-5-9(3)16-13(17)19;1-7(2)21-6-10-9(16-17-14)4-11(22-10)18-5-8(3)12(19)15-13(18)20;1-8(2)19-5-9-3-4-10(20-9)17-7-16-11-12(17)14-6-15-13(11)18;1-7(2)16-5-10-17-9(6-18-10)14-4-3-8(12)13-11(14)15/h6-7,9-11,21H,3-5H2,1-2H3,(H3,16,18,19,22);6-7,9,11,14,20,22H,5H2,1-4H3,(H,17,18,21);5-6,8,10-12,18H,7H2,1-4H3;5-6,8,10-12,18H,3,7H2,1-2,4H3,(H,16,19);5,7,9-11H,4,6H2,1-3H3,(H,15,19,20);6-10H,3-5H2,1-2H3,(H,14,15,18);3-4,7,9-10H,5-6H2,1-2H3,(H2,12,13,15)/t9-,10?,11-;9-,11-,14-,15-;2*10-,11-,12-,14-;9-,10+,11?;9-,10?;9?,10-/m0111001/s1. The third-order valence-corrected chi connectivity index (χ3v) is 25.8. The number of halogens is 2. The molecule has 0 bridgehead atoms. The van der Waals surface area contributed by atoms with Crippen LogP contribution < -0.4 is 56.1 Å². The van der Waals surface area contributed by atoms with E-state index in [2.05, 4.69) is 88.3 Å². The van der Waals surface area contributed by atoms with E-state index in [0.29, 0.717) is 83.7 Å². The van der Waals surface area contributed by atoms with Crippen molar-refractivity contribution in [1.82, 2.24) is 97.4 Å². The van der Waals surface area contributed by atoms with Crippen LogP contribution in [-0.2, 0) is 61.6 Å². The van der Waals surface area contributed by atoms with Gasteiger partial charge in [-0.25, -0.2) is 52.9 Å². The Kier molecular flexibility index (Phi) is 40.6. The monoisotopic (exact) mass is 2120 g/mol. The maximum absolute atomic E-state index is 14.8. The molecule has 149 heavy (non-hydrogen) atoms. The van der Waals surface area contributed by atoms with Crippen LogP contribution >= 0.6 is 11.8 Å². The quantitative estimate of drug-likeness (QED) is 0.0111. The molecule has 4 unspecified atom stereocenters. The number of anilines is 2. The average Bonchev–Trinajstić information content (AvgIpc) is 1.59. The molecule has 14 N–H and O–H groups in total. The van der Waals surface area contributed by atoms with Crippen LogP contribution in [0.1, 0.15) is 198 Å². The zero-order valence-corrected chi connectivity index (χ0v) is 87.8. The number of nitrogens with two attached hydrogens (primary N) is 2. The van der Waals surface area contributed by atoms with Crippen molar-refractivity contribution in [2.45, 2.75) is 334 Å². The number of aryl methyl sites for hydroxylation is 3. The first kappa shape index (κ1) is 118. The second-order valence-electron chi connectivity index (χ2n) is 39.2. The van der Waals surface area contributed by atoms with Gasteiger partial charge in [-0.3, -0.25) is 56.9 Å². The number of aromatic amines is 4. The Bertz CT molecular complexity index is 6570. The van der Waals surface area contributed by atoms with Crippen LogP contribution in [0.4, 0.5) is 25.3 Å². The molecule has 0 aromatic carbocycles. The number of H-pyrrole nitrogens is 4. The van der Waals surface area contributed by atoms with Crippen molar-refractivity contribution in [3.63, 3.8) is 0 Å². The maximum atomic E-state index is 14.8. The summed E-state index contributed by atoms with van der Waals surface area (Å²) < 4.78 is 111. The number of aliphatic hydroxyl groups excluding tert-OH is 4. The van der Waals surface area contributed by atoms with Crippen molar-refractivity contribution in [2.75, 3.05) is 63.5 Å². The lowest BCUT2D eigenvalue weighted by atomic mass is 9.96. The van der Waals surface area contributed by atoms with Crippen LogP contribution in [0.2, 0.25) is 0 Å². The smallest absolute Gasteiger partial charge is 0.351 e. The lowest BCUT2D eigenvalue weighted by Crippen LogP contribution is -2.53. The molecule has 16 heterocycles. The number of urea groups is 1. The van der Waals surface area contributed by atoms with E-state index in [0.717, 1.165) is 27.9 Å². The summed E-state index contributed by atoms with van der Waals surface area (Å²) in [4.78, 5) is 140. The molecule has 22 atom stereocenters. The van der Waals surface area contributed by atoms with Gasteiger partial charge in [0.15, 0.2) is 63.5 Å². The number of nitrogen functional groups attached to an aromatic ring is 2. The first-order valence-electron chi connectivity index (χ1n) is 48.8. The third kappa shape index (κ3) is 29.6. The molecule has 1 aliphatic carbocycles. The minimum Gasteiger partial charge on any atom is -0.392 e. The lowest BCUT2D eigenvalue weighted by molar-refractivity contribution is -0.0977. The number of ether oxygens (including phenoxy) is 13. The number of aliphatic hydroxyl groups is 5. The van der Waals surface area contributed by atoms with Crippen LogP contribution in [-0.4, -0.2) is 308 Å². The van der Waals surface area contributed by atoms with Crippen LogP contribution in [0.5, 0.6) is 0 Å². The highest BCUT2D eigenvalue weighted by Gasteiger charge is 2.59. The number of aromatic nitrogens is 18. The molecule has 0 spiro atoms. The summed E-state index contributed by atoms with van der Waals surface area (Å²) in [7, 11) is 0. The molecule has 1 saturated carbocycles. The summed E-state index contributed by atoms with van der Waals surface area (Å²) >= 11 is 1.63. The summed E-state index contributed by atoms with van der Waals surface area (Å²) in [5.41, 5.74) is 15.1. The molecular formula is C95H139F2N25O26S. The van der Waals surface area contributed by atoms with Crippen LogP contribution in [0.25, 0.3) is 43.9 Å². The Balaban J connectivity index is 0.000000165. The Morgan fingerprint density at radius 3 is 1.66 bits per heavy atom. The van der Waals surface area contributed by atoms with Gasteiger partial charge in [-0.05, 0) is 187 Å². The fourth-order valence-corrected chi connectivity index (χ4v) is 17.8. The third-order valence-electron chi connectivity index (χ3n) is 24.7. The van der Waals surface area contributed by atoms with Gasteiger partial charge in [-0.1, -0.05) is 18.3 Å². The molecular weight excluding hydrogens is 1980 g/mol. The molecule has 820 valence electrons. The highest BCUT2D eigenvalue weighted by atomic mass is 32.2. The summed E-state index contributed by atoms with van der Waals surface area (Å²) in [6, 6.07) is 2.02. The fourth-order valence-electron chi connectivity index (χ4n) is 16.8. The van der Waals surface area contributed by atoms with Crippen molar-refractivity contribution in [2.24, 2.45) is 11.0 Å².